The van der Waals surface area contributed by atoms with Crippen LogP contribution in [0.3, 0.4) is 0 Å². The molecule has 9 nitrogen and oxygen atoms in total. The van der Waals surface area contributed by atoms with E-state index in [1.165, 1.54) is 0 Å². The predicted molar refractivity (Wildman–Crippen MR) is 62.0 cm³/mol. The fraction of sp³-hybridized carbons (Fsp3) is 0. The molecule has 0 saturated carbocycles. The zero-order valence-corrected chi connectivity index (χ0v) is 6.70. The van der Waals surface area contributed by atoms with E-state index in [2.05, 4.69) is 8.37 Å². The maximum atomic E-state index is 9.95. The summed E-state index contributed by atoms with van der Waals surface area (Å²) in [4.78, 5) is 9.95. The Labute approximate surface area is 196 Å². The van der Waals surface area contributed by atoms with Crippen molar-refractivity contribution in [3.05, 3.63) is 0 Å². The summed E-state index contributed by atoms with van der Waals surface area (Å²) in [5.74, 6) is 0. The Morgan fingerprint density at radius 2 is 1.00 bits per heavy atom. The van der Waals surface area contributed by atoms with Crippen LogP contribution in [0.5, 0.6) is 0 Å². The second kappa shape index (κ2) is 13.6. The average Bonchev–Trinajstić information content (AvgIpc) is 1.49. The molecule has 16 heavy (non-hydrogen) atoms. The molecule has 0 aromatic rings. The topological polar surface area (TPSA) is 144 Å². The van der Waals surface area contributed by atoms with Gasteiger partial charge in [0.25, 0.3) is 0 Å². The van der Waals surface area contributed by atoms with Crippen molar-refractivity contribution >= 4 is 162 Å². The molecule has 0 spiro atoms. The van der Waals surface area contributed by atoms with Crippen LogP contribution < -0.4 is 0 Å². The molecule has 0 radical (unpaired) electrons. The monoisotopic (exact) mass is 354 g/mol. The molecule has 0 heterocycles. The molecular weight excluding hydrogens is 346 g/mol. The summed E-state index contributed by atoms with van der Waals surface area (Å²) in [6, 6.07) is 0. The van der Waals surface area contributed by atoms with Gasteiger partial charge < -0.3 is 0 Å². The van der Waals surface area contributed by atoms with Crippen molar-refractivity contribution in [1.29, 1.82) is 0 Å². The van der Waals surface area contributed by atoms with E-state index in [4.69, 9.17) is 9.11 Å². The fourth-order valence-electron chi connectivity index (χ4n) is 0.186. The molecule has 0 saturated heterocycles. The molecule has 0 aliphatic carbocycles. The molecule has 0 fully saturated rings. The second-order valence-corrected chi connectivity index (χ2v) is 3.32. The third-order valence-corrected chi connectivity index (χ3v) is 1.04. The molecule has 0 rings (SSSR count). The summed E-state index contributed by atoms with van der Waals surface area (Å²) in [6.07, 6.45) is -2.29. The van der Waals surface area contributed by atoms with Gasteiger partial charge in [-0.2, -0.15) is 16.8 Å². The first-order valence-corrected chi connectivity index (χ1v) is 4.71. The van der Waals surface area contributed by atoms with Crippen LogP contribution in [-0.4, -0.2) is 167 Å². The molecule has 0 atom stereocenters. The number of hydrogen-bond acceptors (Lipinski definition) is 7. The summed E-state index contributed by atoms with van der Waals surface area (Å²) in [5.41, 5.74) is 0. The Morgan fingerprint density at radius 1 is 0.812 bits per heavy atom. The summed E-state index contributed by atoms with van der Waals surface area (Å²) >= 11 is 0. The van der Waals surface area contributed by atoms with E-state index in [9.17, 15) is 21.6 Å². The number of carbonyl (C=O) groups is 1. The van der Waals surface area contributed by atoms with Gasteiger partial charge in [0.05, 0.1) is 0 Å². The van der Waals surface area contributed by atoms with Crippen molar-refractivity contribution in [3.63, 3.8) is 0 Å². The molecule has 0 aromatic heterocycles. The summed E-state index contributed by atoms with van der Waals surface area (Å²) in [7, 11) is -10.3. The van der Waals surface area contributed by atoms with Crippen LogP contribution in [0.1, 0.15) is 0 Å². The predicted octanol–water partition coefficient (Wildman–Crippen LogP) is -4.38. The van der Waals surface area contributed by atoms with E-state index in [1.54, 1.807) is 0 Å². The zero-order chi connectivity index (χ0) is 9.99. The third-order valence-electron chi connectivity index (χ3n) is 0.347. The third kappa shape index (κ3) is 26.2. The molecule has 0 aromatic carbocycles. The first-order valence-electron chi connectivity index (χ1n) is 1.98. The average molecular weight is 354 g/mol. The molecule has 0 aliphatic heterocycles. The first kappa shape index (κ1) is 31.8. The van der Waals surface area contributed by atoms with E-state index in [0.29, 0.717) is 0 Å². The summed E-state index contributed by atoms with van der Waals surface area (Å²) < 4.78 is 60.1. The fourth-order valence-corrected chi connectivity index (χ4v) is 0.641. The number of rotatable bonds is 2. The van der Waals surface area contributed by atoms with Gasteiger partial charge in [-0.3, -0.25) is 17.5 Å². The summed E-state index contributed by atoms with van der Waals surface area (Å²) in [6.45, 7) is 0. The van der Waals surface area contributed by atoms with E-state index in [1.807, 2.05) is 0 Å². The van der Waals surface area contributed by atoms with Crippen molar-refractivity contribution in [2.45, 2.75) is 0 Å². The Hall–Kier alpha value is 3.61. The van der Waals surface area contributed by atoms with Crippen molar-refractivity contribution in [2.24, 2.45) is 0 Å². The molecule has 0 aliphatic rings. The Balaban J connectivity index is -0.000000101. The number of carbonyl (C=O) groups excluding carboxylic acids is 1. The van der Waals surface area contributed by atoms with E-state index in [-0.39, 0.29) is 135 Å². The standard InChI is InChI=1S/CH2O9S2.2Ca.2Na.6H/c2-1(9-11(3,4)5)10-12(6,7)8;;;;;;;;;;/h(H,3,4,5)(H,6,7,8);;;;;;;;;;. The second-order valence-electron chi connectivity index (χ2n) is 1.27. The van der Waals surface area contributed by atoms with Crippen molar-refractivity contribution < 1.29 is 39.1 Å². The number of hydrogen-bond donors (Lipinski definition) is 2. The molecule has 0 unspecified atom stereocenters. The molecule has 84 valence electrons. The van der Waals surface area contributed by atoms with Gasteiger partial charge in [0.15, 0.2) is 0 Å². The minimum atomic E-state index is -5.15. The van der Waals surface area contributed by atoms with E-state index < -0.39 is 27.0 Å². The van der Waals surface area contributed by atoms with Crippen LogP contribution in [0, 0.1) is 0 Å². The van der Waals surface area contributed by atoms with E-state index >= 15 is 0 Å². The Morgan fingerprint density at radius 3 is 1.12 bits per heavy atom. The zero-order valence-electron chi connectivity index (χ0n) is 5.07. The van der Waals surface area contributed by atoms with Gasteiger partial charge in [0.2, 0.25) is 0 Å². The van der Waals surface area contributed by atoms with Crippen LogP contribution in [0.25, 0.3) is 0 Å². The quantitative estimate of drug-likeness (QED) is 0.371. The molecule has 2 N–H and O–H groups in total. The van der Waals surface area contributed by atoms with Crippen LogP contribution in [-0.2, 0) is 29.2 Å². The SMILES string of the molecule is O=C(OS(=O)(=O)O)OS(=O)(=O)O.[CaH2].[CaH2].[NaH].[NaH]. The summed E-state index contributed by atoms with van der Waals surface area (Å²) in [5, 5.41) is 0. The van der Waals surface area contributed by atoms with Gasteiger partial charge in [-0.15, -0.1) is 0 Å². The van der Waals surface area contributed by atoms with Gasteiger partial charge >= 0.3 is 162 Å². The molecular formula is CH8Ca2Na2O9S2. The van der Waals surface area contributed by atoms with Crippen molar-refractivity contribution in [3.8, 4) is 0 Å². The first-order chi connectivity index (χ1) is 5.10. The molecule has 0 bridgehead atoms. The van der Waals surface area contributed by atoms with Gasteiger partial charge in [-0.1, -0.05) is 0 Å². The van der Waals surface area contributed by atoms with Gasteiger partial charge in [-0.05, 0) is 0 Å². The van der Waals surface area contributed by atoms with E-state index in [0.717, 1.165) is 0 Å². The van der Waals surface area contributed by atoms with Crippen molar-refractivity contribution in [2.75, 3.05) is 0 Å². The van der Waals surface area contributed by atoms with Crippen LogP contribution in [0.15, 0.2) is 0 Å². The van der Waals surface area contributed by atoms with Gasteiger partial charge in [0.1, 0.15) is 0 Å². The van der Waals surface area contributed by atoms with Crippen LogP contribution in [0.2, 0.25) is 0 Å². The van der Waals surface area contributed by atoms with Crippen LogP contribution >= 0.6 is 0 Å². The Kier molecular flexibility index (Phi) is 27.0. The maximum absolute atomic E-state index is 9.95. The van der Waals surface area contributed by atoms with Gasteiger partial charge in [0, 0.05) is 0 Å². The minimum absolute atomic E-state index is 0. The Bertz CT molecular complexity index is 336. The van der Waals surface area contributed by atoms with Crippen LogP contribution in [0.4, 0.5) is 4.79 Å². The normalized spacial score (nSPS) is 9.12. The molecule has 0 amide bonds. The molecule has 15 heteroatoms. The van der Waals surface area contributed by atoms with Gasteiger partial charge in [-0.25, -0.2) is 4.79 Å². The van der Waals surface area contributed by atoms with Crippen molar-refractivity contribution in [1.82, 2.24) is 0 Å².